The summed E-state index contributed by atoms with van der Waals surface area (Å²) < 4.78 is 0. The molecule has 0 heterocycles. The van der Waals surface area contributed by atoms with Gasteiger partial charge in [-0.3, -0.25) is 0 Å². The lowest BCUT2D eigenvalue weighted by atomic mass is 9.91. The van der Waals surface area contributed by atoms with E-state index in [-0.39, 0.29) is 0 Å². The fourth-order valence-corrected chi connectivity index (χ4v) is 1.74. The molecule has 0 radical (unpaired) electrons. The highest BCUT2D eigenvalue weighted by molar-refractivity contribution is 4.66. The molecule has 13 heavy (non-hydrogen) atoms. The van der Waals surface area contributed by atoms with E-state index in [1.807, 2.05) is 0 Å². The first-order valence-corrected chi connectivity index (χ1v) is 5.63. The van der Waals surface area contributed by atoms with Crippen molar-refractivity contribution in [2.45, 2.75) is 53.0 Å². The SMILES string of the molecule is CCC(C)CC(C)CC(C)N(C)C. The van der Waals surface area contributed by atoms with E-state index in [1.54, 1.807) is 0 Å². The van der Waals surface area contributed by atoms with E-state index in [1.165, 1.54) is 19.3 Å². The molecule has 0 rings (SSSR count). The molecule has 0 spiro atoms. The zero-order chi connectivity index (χ0) is 10.4. The smallest absolute Gasteiger partial charge is 0.00633 e. The Morgan fingerprint density at radius 1 is 0.923 bits per heavy atom. The van der Waals surface area contributed by atoms with Crippen LogP contribution in [0.3, 0.4) is 0 Å². The van der Waals surface area contributed by atoms with E-state index >= 15 is 0 Å². The second-order valence-electron chi connectivity index (χ2n) is 4.90. The maximum Gasteiger partial charge on any atom is 0.00633 e. The molecule has 0 aromatic rings. The van der Waals surface area contributed by atoms with Gasteiger partial charge in [0.05, 0.1) is 0 Å². The van der Waals surface area contributed by atoms with Gasteiger partial charge in [0, 0.05) is 6.04 Å². The van der Waals surface area contributed by atoms with Crippen molar-refractivity contribution >= 4 is 0 Å². The van der Waals surface area contributed by atoms with Gasteiger partial charge in [-0.15, -0.1) is 0 Å². The van der Waals surface area contributed by atoms with Crippen molar-refractivity contribution in [3.63, 3.8) is 0 Å². The minimum Gasteiger partial charge on any atom is -0.307 e. The molecular weight excluding hydrogens is 158 g/mol. The van der Waals surface area contributed by atoms with Gasteiger partial charge in [-0.05, 0) is 45.7 Å². The number of hydrogen-bond donors (Lipinski definition) is 0. The van der Waals surface area contributed by atoms with E-state index in [0.717, 1.165) is 17.9 Å². The van der Waals surface area contributed by atoms with Crippen LogP contribution < -0.4 is 0 Å². The normalized spacial score (nSPS) is 18.7. The maximum absolute atomic E-state index is 2.38. The van der Waals surface area contributed by atoms with E-state index in [9.17, 15) is 0 Å². The third-order valence-electron chi connectivity index (χ3n) is 3.13. The van der Waals surface area contributed by atoms with Crippen molar-refractivity contribution in [3.05, 3.63) is 0 Å². The molecule has 80 valence electrons. The summed E-state index contributed by atoms with van der Waals surface area (Å²) in [5.41, 5.74) is 0. The van der Waals surface area contributed by atoms with E-state index in [2.05, 4.69) is 46.7 Å². The average molecular weight is 185 g/mol. The molecule has 1 nitrogen and oxygen atoms in total. The van der Waals surface area contributed by atoms with Crippen LogP contribution >= 0.6 is 0 Å². The lowest BCUT2D eigenvalue weighted by molar-refractivity contribution is 0.249. The van der Waals surface area contributed by atoms with Crippen LogP contribution in [-0.2, 0) is 0 Å². The fraction of sp³-hybridized carbons (Fsp3) is 1.00. The van der Waals surface area contributed by atoms with Gasteiger partial charge in [-0.25, -0.2) is 0 Å². The molecule has 1 heteroatoms. The molecule has 0 saturated carbocycles. The average Bonchev–Trinajstić information content (AvgIpc) is 2.03. The Bertz CT molecular complexity index is 120. The van der Waals surface area contributed by atoms with Gasteiger partial charge in [-0.2, -0.15) is 0 Å². The van der Waals surface area contributed by atoms with Crippen LogP contribution in [0.25, 0.3) is 0 Å². The van der Waals surface area contributed by atoms with Crippen LogP contribution in [0, 0.1) is 11.8 Å². The second-order valence-corrected chi connectivity index (χ2v) is 4.90. The minimum atomic E-state index is 0.721. The topological polar surface area (TPSA) is 3.24 Å². The van der Waals surface area contributed by atoms with E-state index in [4.69, 9.17) is 0 Å². The molecule has 0 bridgehead atoms. The first-order valence-electron chi connectivity index (χ1n) is 5.63. The van der Waals surface area contributed by atoms with Crippen molar-refractivity contribution in [2.24, 2.45) is 11.8 Å². The maximum atomic E-state index is 2.38. The third kappa shape index (κ3) is 6.09. The first-order chi connectivity index (χ1) is 5.97. The first kappa shape index (κ1) is 13.0. The van der Waals surface area contributed by atoms with Gasteiger partial charge in [0.2, 0.25) is 0 Å². The lowest BCUT2D eigenvalue weighted by Gasteiger charge is -2.24. The summed E-state index contributed by atoms with van der Waals surface area (Å²) in [5.74, 6) is 1.76. The van der Waals surface area contributed by atoms with Crippen LogP contribution in [0.4, 0.5) is 0 Å². The lowest BCUT2D eigenvalue weighted by Crippen LogP contribution is -2.26. The van der Waals surface area contributed by atoms with Gasteiger partial charge in [0.15, 0.2) is 0 Å². The summed E-state index contributed by atoms with van der Waals surface area (Å²) in [6.45, 7) is 9.34. The summed E-state index contributed by atoms with van der Waals surface area (Å²) >= 11 is 0. The standard InChI is InChI=1S/C12H27N/c1-7-10(2)8-11(3)9-12(4)13(5)6/h10-12H,7-9H2,1-6H3. The highest BCUT2D eigenvalue weighted by atomic mass is 15.1. The predicted molar refractivity (Wildman–Crippen MR) is 61.0 cm³/mol. The molecule has 0 aromatic heterocycles. The van der Waals surface area contributed by atoms with E-state index < -0.39 is 0 Å². The molecular formula is C12H27N. The van der Waals surface area contributed by atoms with Crippen LogP contribution in [0.15, 0.2) is 0 Å². The van der Waals surface area contributed by atoms with Crippen LogP contribution in [0.1, 0.15) is 47.0 Å². The molecule has 0 aliphatic rings. The molecule has 3 atom stereocenters. The number of nitrogens with zero attached hydrogens (tertiary/aromatic N) is 1. The zero-order valence-electron chi connectivity index (χ0n) is 10.3. The molecule has 0 fully saturated rings. The van der Waals surface area contributed by atoms with Gasteiger partial charge >= 0.3 is 0 Å². The Labute approximate surface area is 84.5 Å². The van der Waals surface area contributed by atoms with Crippen LogP contribution in [0.2, 0.25) is 0 Å². The van der Waals surface area contributed by atoms with Gasteiger partial charge in [0.25, 0.3) is 0 Å². The summed E-state index contributed by atoms with van der Waals surface area (Å²) in [6.07, 6.45) is 4.03. The van der Waals surface area contributed by atoms with Crippen LogP contribution in [0.5, 0.6) is 0 Å². The summed E-state index contributed by atoms with van der Waals surface area (Å²) in [7, 11) is 4.33. The Morgan fingerprint density at radius 3 is 1.85 bits per heavy atom. The number of hydrogen-bond acceptors (Lipinski definition) is 1. The summed E-state index contributed by atoms with van der Waals surface area (Å²) in [6, 6.07) is 0.721. The second kappa shape index (κ2) is 6.42. The van der Waals surface area contributed by atoms with Crippen molar-refractivity contribution < 1.29 is 0 Å². The Kier molecular flexibility index (Phi) is 6.40. The summed E-state index contributed by atoms with van der Waals surface area (Å²) in [5, 5.41) is 0. The van der Waals surface area contributed by atoms with Gasteiger partial charge in [-0.1, -0.05) is 27.2 Å². The Morgan fingerprint density at radius 2 is 1.46 bits per heavy atom. The van der Waals surface area contributed by atoms with Gasteiger partial charge < -0.3 is 4.90 Å². The monoisotopic (exact) mass is 185 g/mol. The Balaban J connectivity index is 3.67. The van der Waals surface area contributed by atoms with Crippen LogP contribution in [-0.4, -0.2) is 25.0 Å². The largest absolute Gasteiger partial charge is 0.307 e. The van der Waals surface area contributed by atoms with E-state index in [0.29, 0.717) is 0 Å². The van der Waals surface area contributed by atoms with Crippen molar-refractivity contribution in [3.8, 4) is 0 Å². The molecule has 0 amide bonds. The van der Waals surface area contributed by atoms with Crippen molar-refractivity contribution in [1.82, 2.24) is 4.90 Å². The zero-order valence-corrected chi connectivity index (χ0v) is 10.3. The molecule has 0 saturated heterocycles. The van der Waals surface area contributed by atoms with Crippen molar-refractivity contribution in [1.29, 1.82) is 0 Å². The minimum absolute atomic E-state index is 0.721. The highest BCUT2D eigenvalue weighted by Crippen LogP contribution is 2.19. The molecule has 0 aliphatic heterocycles. The third-order valence-corrected chi connectivity index (χ3v) is 3.13. The highest BCUT2D eigenvalue weighted by Gasteiger charge is 2.12. The van der Waals surface area contributed by atoms with Crippen molar-refractivity contribution in [2.75, 3.05) is 14.1 Å². The molecule has 0 aromatic carbocycles. The molecule has 0 aliphatic carbocycles. The quantitative estimate of drug-likeness (QED) is 0.613. The molecule has 0 N–H and O–H groups in total. The fourth-order valence-electron chi connectivity index (χ4n) is 1.74. The van der Waals surface area contributed by atoms with Gasteiger partial charge in [0.1, 0.15) is 0 Å². The number of rotatable bonds is 6. The molecule has 3 unspecified atom stereocenters. The predicted octanol–water partition coefficient (Wildman–Crippen LogP) is 3.40. The summed E-state index contributed by atoms with van der Waals surface area (Å²) in [4.78, 5) is 2.31. The Hall–Kier alpha value is -0.0400.